The van der Waals surface area contributed by atoms with Gasteiger partial charge in [0, 0.05) is 28.4 Å². The topological polar surface area (TPSA) is 30.7 Å². The molecule has 0 bridgehead atoms. The lowest BCUT2D eigenvalue weighted by Gasteiger charge is -2.06. The molecule has 1 aromatic carbocycles. The molecule has 3 aromatic rings. The second-order valence-electron chi connectivity index (χ2n) is 3.46. The highest BCUT2D eigenvalue weighted by atomic mass is 79.9. The van der Waals surface area contributed by atoms with Crippen LogP contribution in [0.3, 0.4) is 0 Å². The largest absolute Gasteiger partial charge is 0.306 e. The van der Waals surface area contributed by atoms with Gasteiger partial charge in [0.1, 0.15) is 0 Å². The third-order valence-corrected chi connectivity index (χ3v) is 2.96. The van der Waals surface area contributed by atoms with E-state index in [4.69, 9.17) is 0 Å². The first-order valence-electron chi connectivity index (χ1n) is 4.87. The highest BCUT2D eigenvalue weighted by Gasteiger charge is 2.03. The Bertz CT molecular complexity index is 632. The van der Waals surface area contributed by atoms with Gasteiger partial charge in [-0.25, -0.2) is 4.98 Å². The molecule has 0 saturated carbocycles. The van der Waals surface area contributed by atoms with Crippen LogP contribution in [0, 0.1) is 0 Å². The summed E-state index contributed by atoms with van der Waals surface area (Å²) in [6.07, 6.45) is 7.29. The summed E-state index contributed by atoms with van der Waals surface area (Å²) in [7, 11) is 0. The van der Waals surface area contributed by atoms with E-state index >= 15 is 0 Å². The molecular weight excluding hydrogens is 266 g/mol. The Kier molecular flexibility index (Phi) is 2.22. The van der Waals surface area contributed by atoms with Gasteiger partial charge in [-0.2, -0.15) is 0 Å². The number of aromatic nitrogens is 3. The highest BCUT2D eigenvalue weighted by molar-refractivity contribution is 9.10. The Morgan fingerprint density at radius 2 is 2.06 bits per heavy atom. The van der Waals surface area contributed by atoms with Crippen molar-refractivity contribution < 1.29 is 0 Å². The third-order valence-electron chi connectivity index (χ3n) is 2.46. The SMILES string of the molecule is Brc1ccc2c(-n3ccnc3)ccnc2c1. The van der Waals surface area contributed by atoms with Crippen LogP contribution in [0.25, 0.3) is 16.6 Å². The summed E-state index contributed by atoms with van der Waals surface area (Å²) >= 11 is 3.45. The second-order valence-corrected chi connectivity index (χ2v) is 4.38. The monoisotopic (exact) mass is 273 g/mol. The van der Waals surface area contributed by atoms with Gasteiger partial charge in [0.2, 0.25) is 0 Å². The van der Waals surface area contributed by atoms with Crippen LogP contribution in [0.15, 0.2) is 53.7 Å². The quantitative estimate of drug-likeness (QED) is 0.682. The molecule has 0 N–H and O–H groups in total. The maximum atomic E-state index is 4.35. The van der Waals surface area contributed by atoms with E-state index in [0.717, 1.165) is 21.1 Å². The summed E-state index contributed by atoms with van der Waals surface area (Å²) in [4.78, 5) is 8.41. The molecule has 0 saturated heterocycles. The predicted molar refractivity (Wildman–Crippen MR) is 66.6 cm³/mol. The van der Waals surface area contributed by atoms with Gasteiger partial charge in [0.05, 0.1) is 17.5 Å². The molecule has 0 aliphatic rings. The van der Waals surface area contributed by atoms with Crippen molar-refractivity contribution in [2.75, 3.05) is 0 Å². The van der Waals surface area contributed by atoms with E-state index in [-0.39, 0.29) is 0 Å². The number of hydrogen-bond donors (Lipinski definition) is 0. The Morgan fingerprint density at radius 3 is 2.88 bits per heavy atom. The zero-order chi connectivity index (χ0) is 11.0. The summed E-state index contributed by atoms with van der Waals surface area (Å²) in [6.45, 7) is 0. The first-order chi connectivity index (χ1) is 7.84. The van der Waals surface area contributed by atoms with Crippen molar-refractivity contribution >= 4 is 26.8 Å². The molecule has 3 nitrogen and oxygen atoms in total. The van der Waals surface area contributed by atoms with Gasteiger partial charge in [0.15, 0.2) is 0 Å². The minimum Gasteiger partial charge on any atom is -0.306 e. The summed E-state index contributed by atoms with van der Waals surface area (Å²) in [6, 6.07) is 8.07. The van der Waals surface area contributed by atoms with Gasteiger partial charge in [0.25, 0.3) is 0 Å². The van der Waals surface area contributed by atoms with Gasteiger partial charge >= 0.3 is 0 Å². The fourth-order valence-corrected chi connectivity index (χ4v) is 2.08. The lowest BCUT2D eigenvalue weighted by molar-refractivity contribution is 1.06. The number of benzene rings is 1. The fourth-order valence-electron chi connectivity index (χ4n) is 1.73. The molecule has 0 atom stereocenters. The molecule has 2 aromatic heterocycles. The lowest BCUT2D eigenvalue weighted by Crippen LogP contribution is -1.92. The fraction of sp³-hybridized carbons (Fsp3) is 0. The van der Waals surface area contributed by atoms with Crippen LogP contribution in [0.5, 0.6) is 0 Å². The Hall–Kier alpha value is -1.68. The lowest BCUT2D eigenvalue weighted by atomic mass is 10.2. The van der Waals surface area contributed by atoms with Crippen molar-refractivity contribution in [1.29, 1.82) is 0 Å². The molecule has 2 heterocycles. The molecule has 0 spiro atoms. The summed E-state index contributed by atoms with van der Waals surface area (Å²) in [5.41, 5.74) is 2.07. The maximum Gasteiger partial charge on any atom is 0.0991 e. The molecule has 0 aliphatic heterocycles. The van der Waals surface area contributed by atoms with E-state index < -0.39 is 0 Å². The second kappa shape index (κ2) is 3.72. The molecule has 3 rings (SSSR count). The molecule has 0 fully saturated rings. The minimum atomic E-state index is 0.973. The van der Waals surface area contributed by atoms with E-state index in [0.29, 0.717) is 0 Å². The van der Waals surface area contributed by atoms with Crippen LogP contribution in [-0.4, -0.2) is 14.5 Å². The highest BCUT2D eigenvalue weighted by Crippen LogP contribution is 2.23. The van der Waals surface area contributed by atoms with Crippen molar-refractivity contribution in [3.8, 4) is 5.69 Å². The average Bonchev–Trinajstić information content (AvgIpc) is 2.81. The van der Waals surface area contributed by atoms with Crippen LogP contribution in [0.1, 0.15) is 0 Å². The van der Waals surface area contributed by atoms with E-state index in [1.165, 1.54) is 0 Å². The van der Waals surface area contributed by atoms with Crippen molar-refractivity contribution in [2.24, 2.45) is 0 Å². The van der Waals surface area contributed by atoms with Crippen molar-refractivity contribution in [3.05, 3.63) is 53.7 Å². The van der Waals surface area contributed by atoms with Gasteiger partial charge in [-0.3, -0.25) is 4.98 Å². The average molecular weight is 274 g/mol. The van der Waals surface area contributed by atoms with E-state index in [1.54, 1.807) is 12.5 Å². The molecule has 0 radical (unpaired) electrons. The number of halogens is 1. The molecule has 4 heteroatoms. The number of imidazole rings is 1. The number of rotatable bonds is 1. The Balaban J connectivity index is 2.34. The summed E-state index contributed by atoms with van der Waals surface area (Å²) in [5.74, 6) is 0. The summed E-state index contributed by atoms with van der Waals surface area (Å²) in [5, 5.41) is 1.11. The number of pyridine rings is 1. The molecule has 16 heavy (non-hydrogen) atoms. The molecule has 0 aliphatic carbocycles. The van der Waals surface area contributed by atoms with Crippen LogP contribution < -0.4 is 0 Å². The van der Waals surface area contributed by atoms with E-state index in [9.17, 15) is 0 Å². The molecular formula is C12H8BrN3. The molecule has 78 valence electrons. The zero-order valence-corrected chi connectivity index (χ0v) is 9.92. The molecule has 0 amide bonds. The number of nitrogens with zero attached hydrogens (tertiary/aromatic N) is 3. The summed E-state index contributed by atoms with van der Waals surface area (Å²) < 4.78 is 3.02. The van der Waals surface area contributed by atoms with Crippen LogP contribution in [0.2, 0.25) is 0 Å². The van der Waals surface area contributed by atoms with Crippen molar-refractivity contribution in [2.45, 2.75) is 0 Å². The van der Waals surface area contributed by atoms with Crippen molar-refractivity contribution in [1.82, 2.24) is 14.5 Å². The third kappa shape index (κ3) is 1.51. The first-order valence-corrected chi connectivity index (χ1v) is 5.66. The van der Waals surface area contributed by atoms with Crippen LogP contribution in [0.4, 0.5) is 0 Å². The number of fused-ring (bicyclic) bond motifs is 1. The van der Waals surface area contributed by atoms with Gasteiger partial charge in [-0.1, -0.05) is 15.9 Å². The Morgan fingerprint density at radius 1 is 1.12 bits per heavy atom. The standard InChI is InChI=1S/C12H8BrN3/c13-9-1-2-10-11(7-9)15-4-3-12(10)16-6-5-14-8-16/h1-8H. The van der Waals surface area contributed by atoms with Crippen LogP contribution in [-0.2, 0) is 0 Å². The minimum absolute atomic E-state index is 0.973. The molecule has 0 unspecified atom stereocenters. The predicted octanol–water partition coefficient (Wildman–Crippen LogP) is 3.18. The van der Waals surface area contributed by atoms with Crippen LogP contribution >= 0.6 is 15.9 Å². The van der Waals surface area contributed by atoms with Gasteiger partial charge < -0.3 is 4.57 Å². The van der Waals surface area contributed by atoms with Crippen molar-refractivity contribution in [3.63, 3.8) is 0 Å². The van der Waals surface area contributed by atoms with E-state index in [1.807, 2.05) is 35.2 Å². The van der Waals surface area contributed by atoms with E-state index in [2.05, 4.69) is 32.0 Å². The number of hydrogen-bond acceptors (Lipinski definition) is 2. The Labute approximate surface area is 101 Å². The smallest absolute Gasteiger partial charge is 0.0991 e. The first kappa shape index (κ1) is 9.54. The zero-order valence-electron chi connectivity index (χ0n) is 8.34. The normalized spacial score (nSPS) is 10.8. The van der Waals surface area contributed by atoms with Gasteiger partial charge in [-0.05, 0) is 24.3 Å². The maximum absolute atomic E-state index is 4.35. The van der Waals surface area contributed by atoms with Gasteiger partial charge in [-0.15, -0.1) is 0 Å².